The summed E-state index contributed by atoms with van der Waals surface area (Å²) in [5.74, 6) is 0. The summed E-state index contributed by atoms with van der Waals surface area (Å²) in [4.78, 5) is 0. The molecule has 1 aromatic carbocycles. The zero-order valence-corrected chi connectivity index (χ0v) is 8.96. The van der Waals surface area contributed by atoms with Crippen LogP contribution < -0.4 is 0 Å². The van der Waals surface area contributed by atoms with Crippen LogP contribution in [0.1, 0.15) is 11.7 Å². The predicted molar refractivity (Wildman–Crippen MR) is 58.6 cm³/mol. The van der Waals surface area contributed by atoms with Crippen LogP contribution in [0.15, 0.2) is 43.0 Å². The van der Waals surface area contributed by atoms with E-state index in [1.54, 1.807) is 24.3 Å². The third-order valence-electron chi connectivity index (χ3n) is 1.57. The van der Waals surface area contributed by atoms with E-state index in [1.165, 1.54) is 6.08 Å². The van der Waals surface area contributed by atoms with Crippen molar-refractivity contribution in [2.45, 2.75) is 6.10 Å². The van der Waals surface area contributed by atoms with Crippen LogP contribution in [-0.4, -0.2) is 8.76 Å². The molecule has 0 radical (unpaired) electrons. The van der Waals surface area contributed by atoms with Crippen LogP contribution in [0.25, 0.3) is 0 Å². The first-order valence-corrected chi connectivity index (χ1v) is 6.22. The van der Waals surface area contributed by atoms with Gasteiger partial charge in [-0.3, -0.25) is 8.74 Å². The Bertz CT molecular complexity index is 397. The van der Waals surface area contributed by atoms with E-state index in [9.17, 15) is 4.21 Å². The van der Waals surface area contributed by atoms with Crippen LogP contribution in [-0.2, 0) is 24.4 Å². The van der Waals surface area contributed by atoms with E-state index < -0.39 is 15.2 Å². The lowest BCUT2D eigenvalue weighted by atomic mass is 10.1. The molecule has 0 heterocycles. The summed E-state index contributed by atoms with van der Waals surface area (Å²) in [5.41, 5.74) is 0.745. The Morgan fingerprint density at radius 2 is 2.07 bits per heavy atom. The maximum atomic E-state index is 10.8. The van der Waals surface area contributed by atoms with Crippen LogP contribution in [0.2, 0.25) is 0 Å². The van der Waals surface area contributed by atoms with Crippen molar-refractivity contribution in [2.75, 3.05) is 0 Å². The largest absolute Gasteiger partial charge is 0.285 e. The maximum absolute atomic E-state index is 10.8. The monoisotopic (exact) mass is 230 g/mol. The minimum absolute atomic E-state index is 0.647. The van der Waals surface area contributed by atoms with Gasteiger partial charge in [0.1, 0.15) is 6.10 Å². The molecule has 0 aliphatic heterocycles. The number of hydrogen-bond acceptors (Lipinski definition) is 3. The summed E-state index contributed by atoms with van der Waals surface area (Å²) in [7, 11) is -3.62. The molecule has 3 nitrogen and oxygen atoms in total. The minimum Gasteiger partial charge on any atom is -0.285 e. The molecule has 0 aromatic heterocycles. The maximum Gasteiger partial charge on any atom is 0.267 e. The quantitative estimate of drug-likeness (QED) is 0.804. The molecule has 0 saturated carbocycles. The van der Waals surface area contributed by atoms with Crippen LogP contribution in [0.5, 0.6) is 0 Å². The normalized spacial score (nSPS) is 16.9. The van der Waals surface area contributed by atoms with E-state index in [0.717, 1.165) is 5.56 Å². The van der Waals surface area contributed by atoms with Crippen LogP contribution in [0, 0.1) is 0 Å². The zero-order chi connectivity index (χ0) is 10.6. The van der Waals surface area contributed by atoms with Gasteiger partial charge < -0.3 is 0 Å². The van der Waals surface area contributed by atoms with E-state index in [1.807, 2.05) is 6.07 Å². The van der Waals surface area contributed by atoms with Crippen molar-refractivity contribution < 1.29 is 12.9 Å². The average molecular weight is 230 g/mol. The lowest BCUT2D eigenvalue weighted by molar-refractivity contribution is 0.251. The van der Waals surface area contributed by atoms with E-state index in [2.05, 4.69) is 17.8 Å². The fourth-order valence-corrected chi connectivity index (χ4v) is 1.71. The fourth-order valence-electron chi connectivity index (χ4n) is 1.00. The topological polar surface area (TPSA) is 46.5 Å². The Labute approximate surface area is 88.1 Å². The van der Waals surface area contributed by atoms with Crippen molar-refractivity contribution in [1.82, 2.24) is 0 Å². The Balaban J connectivity index is 2.89. The number of benzene rings is 1. The average Bonchev–Trinajstić information content (AvgIpc) is 2.14. The zero-order valence-electron chi connectivity index (χ0n) is 7.33. The first-order chi connectivity index (χ1) is 6.53. The highest BCUT2D eigenvalue weighted by atomic mass is 32.9. The van der Waals surface area contributed by atoms with Gasteiger partial charge in [-0.15, -0.1) is 6.58 Å². The lowest BCUT2D eigenvalue weighted by Gasteiger charge is -2.12. The molecule has 2 unspecified atom stereocenters. The molecule has 1 rings (SSSR count). The molecule has 0 aliphatic carbocycles. The second kappa shape index (κ2) is 4.65. The van der Waals surface area contributed by atoms with E-state index in [-0.39, 0.29) is 0 Å². The molecule has 0 aliphatic rings. The van der Waals surface area contributed by atoms with Gasteiger partial charge in [-0.2, -0.15) is 4.21 Å². The standard InChI is InChI=1S/C9H10O3S2/c1-2-9(12-14(10,11)13)8-6-4-3-5-7-8/h2-7,9H,1H2,(H,10,11,13). The molecule has 76 valence electrons. The second-order valence-electron chi connectivity index (χ2n) is 2.59. The van der Waals surface area contributed by atoms with Gasteiger partial charge in [-0.05, 0) is 5.56 Å². The van der Waals surface area contributed by atoms with Gasteiger partial charge in [0.2, 0.25) is 0 Å². The highest BCUT2D eigenvalue weighted by Gasteiger charge is 2.12. The Hall–Kier alpha value is -0.750. The van der Waals surface area contributed by atoms with Crippen molar-refractivity contribution in [2.24, 2.45) is 0 Å². The Morgan fingerprint density at radius 3 is 2.50 bits per heavy atom. The summed E-state index contributed by atoms with van der Waals surface area (Å²) in [5, 5.41) is 0. The van der Waals surface area contributed by atoms with Crippen molar-refractivity contribution in [1.29, 1.82) is 0 Å². The van der Waals surface area contributed by atoms with Gasteiger partial charge in [0.25, 0.3) is 9.05 Å². The molecule has 0 saturated heterocycles. The first kappa shape index (κ1) is 11.3. The summed E-state index contributed by atoms with van der Waals surface area (Å²) in [6.45, 7) is 3.51. The lowest BCUT2D eigenvalue weighted by Crippen LogP contribution is -2.07. The Morgan fingerprint density at radius 1 is 1.50 bits per heavy atom. The highest BCUT2D eigenvalue weighted by Crippen LogP contribution is 2.19. The molecule has 0 fully saturated rings. The molecule has 0 bridgehead atoms. The van der Waals surface area contributed by atoms with Gasteiger partial charge in [0.05, 0.1) is 0 Å². The molecular formula is C9H10O3S2. The predicted octanol–water partition coefficient (Wildman–Crippen LogP) is 2.06. The van der Waals surface area contributed by atoms with Crippen molar-refractivity contribution in [3.8, 4) is 0 Å². The number of rotatable bonds is 4. The Kier molecular flexibility index (Phi) is 3.77. The van der Waals surface area contributed by atoms with Crippen molar-refractivity contribution in [3.63, 3.8) is 0 Å². The van der Waals surface area contributed by atoms with Gasteiger partial charge in [0.15, 0.2) is 0 Å². The molecule has 14 heavy (non-hydrogen) atoms. The molecule has 1 aromatic rings. The van der Waals surface area contributed by atoms with Crippen molar-refractivity contribution >= 4 is 20.2 Å². The first-order valence-electron chi connectivity index (χ1n) is 3.86. The fraction of sp³-hybridized carbons (Fsp3) is 0.111. The number of hydrogen-bond donors (Lipinski definition) is 1. The van der Waals surface area contributed by atoms with Crippen LogP contribution >= 0.6 is 0 Å². The third kappa shape index (κ3) is 3.55. The summed E-state index contributed by atoms with van der Waals surface area (Å²) in [6.07, 6.45) is 0.781. The molecular weight excluding hydrogens is 220 g/mol. The van der Waals surface area contributed by atoms with Gasteiger partial charge in [-0.25, -0.2) is 0 Å². The summed E-state index contributed by atoms with van der Waals surface area (Å²) in [6, 6.07) is 8.99. The van der Waals surface area contributed by atoms with Gasteiger partial charge >= 0.3 is 0 Å². The smallest absolute Gasteiger partial charge is 0.267 e. The van der Waals surface area contributed by atoms with E-state index in [0.29, 0.717) is 0 Å². The second-order valence-corrected chi connectivity index (χ2v) is 4.90. The van der Waals surface area contributed by atoms with Crippen LogP contribution in [0.4, 0.5) is 0 Å². The van der Waals surface area contributed by atoms with Crippen LogP contribution in [0.3, 0.4) is 0 Å². The third-order valence-corrected chi connectivity index (χ3v) is 2.25. The van der Waals surface area contributed by atoms with Gasteiger partial charge in [0, 0.05) is 11.2 Å². The van der Waals surface area contributed by atoms with Crippen molar-refractivity contribution in [3.05, 3.63) is 48.6 Å². The molecule has 1 N–H and O–H groups in total. The molecule has 0 spiro atoms. The van der Waals surface area contributed by atoms with Gasteiger partial charge in [-0.1, -0.05) is 36.4 Å². The SMILES string of the molecule is C=CC(OS(=O)(O)=S)c1ccccc1. The minimum atomic E-state index is -3.62. The molecule has 5 heteroatoms. The van der Waals surface area contributed by atoms with E-state index in [4.69, 9.17) is 8.74 Å². The molecule has 2 atom stereocenters. The molecule has 0 amide bonds. The summed E-state index contributed by atoms with van der Waals surface area (Å²) < 4.78 is 24.4. The summed E-state index contributed by atoms with van der Waals surface area (Å²) >= 11 is 4.24. The van der Waals surface area contributed by atoms with E-state index >= 15 is 0 Å². The highest BCUT2D eigenvalue weighted by molar-refractivity contribution is 8.27.